The van der Waals surface area contributed by atoms with Crippen LogP contribution < -0.4 is 10.9 Å². The fourth-order valence-corrected chi connectivity index (χ4v) is 2.47. The topological polar surface area (TPSA) is 82.7 Å². The van der Waals surface area contributed by atoms with E-state index in [2.05, 4.69) is 5.32 Å². The van der Waals surface area contributed by atoms with Crippen LogP contribution in [0.5, 0.6) is 11.5 Å². The number of nitrogens with one attached hydrogen (secondary N) is 1. The van der Waals surface area contributed by atoms with Crippen molar-refractivity contribution in [1.82, 2.24) is 0 Å². The Labute approximate surface area is 138 Å². The van der Waals surface area contributed by atoms with Crippen LogP contribution in [0.2, 0.25) is 0 Å². The second-order valence-electron chi connectivity index (χ2n) is 5.34. The molecular formula is C19H17NO4. The predicted molar refractivity (Wildman–Crippen MR) is 95.3 cm³/mol. The van der Waals surface area contributed by atoms with Gasteiger partial charge in [0, 0.05) is 29.8 Å². The average Bonchev–Trinajstić information content (AvgIpc) is 2.55. The van der Waals surface area contributed by atoms with E-state index in [9.17, 15) is 15.0 Å². The number of anilines is 1. The lowest BCUT2D eigenvalue weighted by molar-refractivity contribution is 0.403. The van der Waals surface area contributed by atoms with E-state index in [4.69, 9.17) is 4.42 Å². The molecule has 3 N–H and O–H groups in total. The molecule has 0 bridgehead atoms. The number of phenols is 2. The lowest BCUT2D eigenvalue weighted by Gasteiger charge is -2.06. The summed E-state index contributed by atoms with van der Waals surface area (Å²) >= 11 is 0. The number of aromatic hydroxyl groups is 2. The van der Waals surface area contributed by atoms with Crippen LogP contribution in [0, 0.1) is 0 Å². The van der Waals surface area contributed by atoms with Gasteiger partial charge in [-0.25, -0.2) is 4.79 Å². The molecular weight excluding hydrogens is 306 g/mol. The van der Waals surface area contributed by atoms with E-state index in [1.165, 1.54) is 18.2 Å². The molecule has 3 rings (SSSR count). The van der Waals surface area contributed by atoms with Crippen LogP contribution in [0.3, 0.4) is 0 Å². The second-order valence-corrected chi connectivity index (χ2v) is 5.34. The number of hydrogen-bond acceptors (Lipinski definition) is 5. The SMILES string of the molecule is CCNc1ccc2c(/C=C/c3ccc(O)c(O)c3)cc(=O)oc2c1. The molecule has 0 aliphatic rings. The molecule has 0 aliphatic heterocycles. The highest BCUT2D eigenvalue weighted by molar-refractivity contribution is 5.91. The zero-order valence-electron chi connectivity index (χ0n) is 13.1. The van der Waals surface area contributed by atoms with Crippen LogP contribution in [-0.2, 0) is 0 Å². The molecule has 5 nitrogen and oxygen atoms in total. The van der Waals surface area contributed by atoms with Gasteiger partial charge in [0.2, 0.25) is 0 Å². The minimum absolute atomic E-state index is 0.172. The molecule has 1 aromatic heterocycles. The highest BCUT2D eigenvalue weighted by Gasteiger charge is 2.05. The van der Waals surface area contributed by atoms with Crippen LogP contribution in [-0.4, -0.2) is 16.8 Å². The third-order valence-electron chi connectivity index (χ3n) is 3.61. The Bertz CT molecular complexity index is 973. The van der Waals surface area contributed by atoms with E-state index in [0.29, 0.717) is 11.1 Å². The van der Waals surface area contributed by atoms with Gasteiger partial charge < -0.3 is 19.9 Å². The largest absolute Gasteiger partial charge is 0.504 e. The average molecular weight is 323 g/mol. The summed E-state index contributed by atoms with van der Waals surface area (Å²) in [7, 11) is 0. The lowest BCUT2D eigenvalue weighted by Crippen LogP contribution is -2.00. The van der Waals surface area contributed by atoms with E-state index >= 15 is 0 Å². The molecule has 0 spiro atoms. The minimum atomic E-state index is -0.427. The summed E-state index contributed by atoms with van der Waals surface area (Å²) < 4.78 is 5.27. The third-order valence-corrected chi connectivity index (χ3v) is 3.61. The first kappa shape index (κ1) is 15.7. The minimum Gasteiger partial charge on any atom is -0.504 e. The normalized spacial score (nSPS) is 11.2. The number of rotatable bonds is 4. The lowest BCUT2D eigenvalue weighted by atomic mass is 10.1. The first-order valence-electron chi connectivity index (χ1n) is 7.58. The summed E-state index contributed by atoms with van der Waals surface area (Å²) in [6, 6.07) is 11.6. The number of phenolic OH excluding ortho intramolecular Hbond substituents is 2. The van der Waals surface area contributed by atoms with Crippen molar-refractivity contribution in [1.29, 1.82) is 0 Å². The van der Waals surface area contributed by atoms with Gasteiger partial charge in [0.05, 0.1) is 0 Å². The van der Waals surface area contributed by atoms with Crippen LogP contribution >= 0.6 is 0 Å². The molecule has 0 fully saturated rings. The van der Waals surface area contributed by atoms with Gasteiger partial charge in [-0.1, -0.05) is 18.2 Å². The Kier molecular flexibility index (Phi) is 4.24. The van der Waals surface area contributed by atoms with Crippen molar-refractivity contribution in [3.8, 4) is 11.5 Å². The fourth-order valence-electron chi connectivity index (χ4n) is 2.47. The monoisotopic (exact) mass is 323 g/mol. The van der Waals surface area contributed by atoms with E-state index in [1.807, 2.05) is 19.1 Å². The molecule has 0 saturated heterocycles. The molecule has 0 atom stereocenters. The number of benzene rings is 2. The van der Waals surface area contributed by atoms with E-state index in [0.717, 1.165) is 23.2 Å². The molecule has 2 aromatic carbocycles. The van der Waals surface area contributed by atoms with Crippen molar-refractivity contribution in [3.63, 3.8) is 0 Å². The van der Waals surface area contributed by atoms with E-state index in [-0.39, 0.29) is 11.5 Å². The Morgan fingerprint density at radius 1 is 1.04 bits per heavy atom. The molecule has 5 heteroatoms. The van der Waals surface area contributed by atoms with Gasteiger partial charge in [0.25, 0.3) is 0 Å². The van der Waals surface area contributed by atoms with Gasteiger partial charge in [-0.2, -0.15) is 0 Å². The zero-order valence-corrected chi connectivity index (χ0v) is 13.1. The van der Waals surface area contributed by atoms with Gasteiger partial charge in [-0.05, 0) is 42.3 Å². The van der Waals surface area contributed by atoms with Crippen molar-refractivity contribution in [2.24, 2.45) is 0 Å². The van der Waals surface area contributed by atoms with Crippen LogP contribution in [0.25, 0.3) is 23.1 Å². The van der Waals surface area contributed by atoms with Crippen molar-refractivity contribution < 1.29 is 14.6 Å². The summed E-state index contributed by atoms with van der Waals surface area (Å²) in [6.45, 7) is 2.77. The molecule has 0 radical (unpaired) electrons. The zero-order chi connectivity index (χ0) is 17.1. The molecule has 0 saturated carbocycles. The summed E-state index contributed by atoms with van der Waals surface area (Å²) in [5, 5.41) is 22.9. The smallest absolute Gasteiger partial charge is 0.336 e. The summed E-state index contributed by atoms with van der Waals surface area (Å²) in [4.78, 5) is 11.8. The van der Waals surface area contributed by atoms with Crippen molar-refractivity contribution >= 4 is 28.8 Å². The van der Waals surface area contributed by atoms with Gasteiger partial charge >= 0.3 is 5.63 Å². The standard InChI is InChI=1S/C19H17NO4/c1-2-20-14-6-7-15-13(10-19(23)24-18(15)11-14)5-3-12-4-8-16(21)17(22)9-12/h3-11,20-22H,2H2,1H3/b5-3+. The van der Waals surface area contributed by atoms with Crippen molar-refractivity contribution in [2.45, 2.75) is 6.92 Å². The van der Waals surface area contributed by atoms with Crippen LogP contribution in [0.15, 0.2) is 51.7 Å². The van der Waals surface area contributed by atoms with Gasteiger partial charge in [-0.3, -0.25) is 0 Å². The number of hydrogen-bond donors (Lipinski definition) is 3. The molecule has 24 heavy (non-hydrogen) atoms. The second kappa shape index (κ2) is 6.50. The number of fused-ring (bicyclic) bond motifs is 1. The molecule has 122 valence electrons. The first-order valence-corrected chi connectivity index (χ1v) is 7.58. The van der Waals surface area contributed by atoms with Crippen molar-refractivity contribution in [2.75, 3.05) is 11.9 Å². The first-order chi connectivity index (χ1) is 11.6. The third kappa shape index (κ3) is 3.25. The Morgan fingerprint density at radius 2 is 1.88 bits per heavy atom. The Hall–Kier alpha value is -3.21. The maximum Gasteiger partial charge on any atom is 0.336 e. The van der Waals surface area contributed by atoms with Gasteiger partial charge in [0.15, 0.2) is 11.5 Å². The summed E-state index contributed by atoms with van der Waals surface area (Å²) in [5.41, 5.74) is 2.39. The van der Waals surface area contributed by atoms with Crippen LogP contribution in [0.4, 0.5) is 5.69 Å². The molecule has 0 unspecified atom stereocenters. The van der Waals surface area contributed by atoms with Gasteiger partial charge in [-0.15, -0.1) is 0 Å². The van der Waals surface area contributed by atoms with Crippen LogP contribution in [0.1, 0.15) is 18.1 Å². The molecule has 1 heterocycles. The Balaban J connectivity index is 2.03. The quantitative estimate of drug-likeness (QED) is 0.502. The predicted octanol–water partition coefficient (Wildman–Crippen LogP) is 3.81. The van der Waals surface area contributed by atoms with Gasteiger partial charge in [0.1, 0.15) is 5.58 Å². The molecule has 0 amide bonds. The fraction of sp³-hybridized carbons (Fsp3) is 0.105. The maximum atomic E-state index is 11.8. The van der Waals surface area contributed by atoms with Crippen molar-refractivity contribution in [3.05, 3.63) is 64.0 Å². The summed E-state index contributed by atoms with van der Waals surface area (Å²) in [5.74, 6) is -0.362. The van der Waals surface area contributed by atoms with E-state index < -0.39 is 5.63 Å². The highest BCUT2D eigenvalue weighted by atomic mass is 16.4. The highest BCUT2D eigenvalue weighted by Crippen LogP contribution is 2.27. The molecule has 0 aliphatic carbocycles. The molecule has 3 aromatic rings. The maximum absolute atomic E-state index is 11.8. The Morgan fingerprint density at radius 3 is 2.62 bits per heavy atom. The van der Waals surface area contributed by atoms with E-state index in [1.54, 1.807) is 24.3 Å². The summed E-state index contributed by atoms with van der Waals surface area (Å²) in [6.07, 6.45) is 3.53.